The maximum Gasteiger partial charge on any atom is 0.143 e. The molecule has 246 valence electrons. The van der Waals surface area contributed by atoms with E-state index in [0.29, 0.717) is 0 Å². The van der Waals surface area contributed by atoms with Gasteiger partial charge in [0.2, 0.25) is 0 Å². The van der Waals surface area contributed by atoms with Gasteiger partial charge in [-0.2, -0.15) is 0 Å². The van der Waals surface area contributed by atoms with Gasteiger partial charge in [-0.25, -0.2) is 0 Å². The zero-order valence-corrected chi connectivity index (χ0v) is 29.0. The Morgan fingerprint density at radius 1 is 0.404 bits per heavy atom. The Morgan fingerprint density at radius 3 is 1.69 bits per heavy atom. The fourth-order valence-corrected chi connectivity index (χ4v) is 8.26. The molecule has 2 heteroatoms. The van der Waals surface area contributed by atoms with Crippen LogP contribution in [-0.2, 0) is 0 Å². The molecule has 0 aliphatic rings. The van der Waals surface area contributed by atoms with E-state index in [4.69, 9.17) is 8.83 Å². The molecule has 0 unspecified atom stereocenters. The van der Waals surface area contributed by atoms with E-state index in [9.17, 15) is 0 Å². The molecule has 2 aromatic heterocycles. The van der Waals surface area contributed by atoms with Crippen LogP contribution in [0.4, 0.5) is 0 Å². The van der Waals surface area contributed by atoms with Crippen molar-refractivity contribution in [3.8, 4) is 44.5 Å². The van der Waals surface area contributed by atoms with Gasteiger partial charge in [0.25, 0.3) is 0 Å². The van der Waals surface area contributed by atoms with Gasteiger partial charge in [-0.05, 0) is 99.0 Å². The summed E-state index contributed by atoms with van der Waals surface area (Å²) >= 11 is 0. The summed E-state index contributed by atoms with van der Waals surface area (Å²) in [5, 5.41) is 7.03. The van der Waals surface area contributed by atoms with Crippen LogP contribution in [0.3, 0.4) is 0 Å². The zero-order chi connectivity index (χ0) is 34.8. The maximum atomic E-state index is 6.39. The molecule has 8 aromatic carbocycles. The fourth-order valence-electron chi connectivity index (χ4n) is 8.26. The van der Waals surface area contributed by atoms with Gasteiger partial charge in [0.05, 0.1) is 0 Å². The van der Waals surface area contributed by atoms with E-state index in [-0.39, 0.29) is 0 Å². The number of rotatable bonds is 5. The van der Waals surface area contributed by atoms with E-state index in [1.54, 1.807) is 0 Å². The van der Waals surface area contributed by atoms with Gasteiger partial charge in [0.1, 0.15) is 22.3 Å². The van der Waals surface area contributed by atoms with Crippen LogP contribution in [0.2, 0.25) is 0 Å². The molecule has 0 saturated carbocycles. The Bertz CT molecular complexity index is 3020. The van der Waals surface area contributed by atoms with Gasteiger partial charge >= 0.3 is 0 Å². The molecule has 0 atom stereocenters. The molecule has 52 heavy (non-hydrogen) atoms. The second-order valence-electron chi connectivity index (χ2n) is 13.5. The minimum atomic E-state index is 0.906. The number of hydrogen-bond acceptors (Lipinski definition) is 2. The van der Waals surface area contributed by atoms with Crippen LogP contribution in [0.25, 0.3) is 105 Å². The van der Waals surface area contributed by atoms with Crippen molar-refractivity contribution in [3.05, 3.63) is 175 Å². The molecule has 2 heterocycles. The first-order valence-corrected chi connectivity index (χ1v) is 17.9. The van der Waals surface area contributed by atoms with Gasteiger partial charge in [-0.15, -0.1) is 0 Å². The first-order valence-electron chi connectivity index (χ1n) is 17.9. The highest BCUT2D eigenvalue weighted by molar-refractivity contribution is 6.13. The van der Waals surface area contributed by atoms with Crippen molar-refractivity contribution in [2.75, 3.05) is 0 Å². The SMILES string of the molecule is C/C=C\c1c(C)c(-c2ccc(-c3cccc4c3oc3ccccc34)cc2)c2ccccc2c1-c1ccccc1-c1ccc2oc3ccccc3c2c1. The predicted octanol–water partition coefficient (Wildman–Crippen LogP) is 14.6. The molecule has 0 N–H and O–H groups in total. The minimum Gasteiger partial charge on any atom is -0.456 e. The van der Waals surface area contributed by atoms with E-state index in [1.165, 1.54) is 55.3 Å². The van der Waals surface area contributed by atoms with E-state index < -0.39 is 0 Å². The van der Waals surface area contributed by atoms with Crippen molar-refractivity contribution in [2.24, 2.45) is 0 Å². The monoisotopic (exact) mass is 666 g/mol. The van der Waals surface area contributed by atoms with Gasteiger partial charge in [-0.3, -0.25) is 0 Å². The van der Waals surface area contributed by atoms with Gasteiger partial charge in [0.15, 0.2) is 0 Å². The van der Waals surface area contributed by atoms with Crippen LogP contribution in [0.5, 0.6) is 0 Å². The number of allylic oxidation sites excluding steroid dienone is 1. The number of furan rings is 2. The van der Waals surface area contributed by atoms with Crippen molar-refractivity contribution in [3.63, 3.8) is 0 Å². The second kappa shape index (κ2) is 12.0. The van der Waals surface area contributed by atoms with Crippen LogP contribution in [0, 0.1) is 6.92 Å². The molecular formula is C50H34O2. The Hall–Kier alpha value is -6.64. The van der Waals surface area contributed by atoms with E-state index in [0.717, 1.165) is 55.0 Å². The minimum absolute atomic E-state index is 0.906. The fraction of sp³-hybridized carbons (Fsp3) is 0.0400. The molecule has 0 saturated heterocycles. The summed E-state index contributed by atoms with van der Waals surface area (Å²) < 4.78 is 12.6. The van der Waals surface area contributed by atoms with Gasteiger partial charge < -0.3 is 8.83 Å². The third-order valence-electron chi connectivity index (χ3n) is 10.6. The predicted molar refractivity (Wildman–Crippen MR) is 220 cm³/mol. The molecule has 0 fully saturated rings. The number of para-hydroxylation sites is 3. The van der Waals surface area contributed by atoms with Crippen molar-refractivity contribution >= 4 is 60.7 Å². The first kappa shape index (κ1) is 30.2. The molecule has 0 aliphatic heterocycles. The van der Waals surface area contributed by atoms with Gasteiger partial charge in [-0.1, -0.05) is 146 Å². The number of fused-ring (bicyclic) bond motifs is 7. The second-order valence-corrected chi connectivity index (χ2v) is 13.5. The Balaban J connectivity index is 1.15. The third-order valence-corrected chi connectivity index (χ3v) is 10.6. The van der Waals surface area contributed by atoms with Crippen LogP contribution < -0.4 is 0 Å². The lowest BCUT2D eigenvalue weighted by molar-refractivity contribution is 0.669. The van der Waals surface area contributed by atoms with E-state index in [1.807, 2.05) is 24.3 Å². The highest BCUT2D eigenvalue weighted by Gasteiger charge is 2.21. The highest BCUT2D eigenvalue weighted by atomic mass is 16.3. The molecular weight excluding hydrogens is 633 g/mol. The van der Waals surface area contributed by atoms with Crippen molar-refractivity contribution < 1.29 is 8.83 Å². The highest BCUT2D eigenvalue weighted by Crippen LogP contribution is 2.46. The maximum absolute atomic E-state index is 6.39. The summed E-state index contributed by atoms with van der Waals surface area (Å²) in [4.78, 5) is 0. The number of hydrogen-bond donors (Lipinski definition) is 0. The lowest BCUT2D eigenvalue weighted by atomic mass is 9.82. The molecule has 10 rings (SSSR count). The molecule has 0 spiro atoms. The van der Waals surface area contributed by atoms with Crippen LogP contribution in [0.1, 0.15) is 18.1 Å². The summed E-state index contributed by atoms with van der Waals surface area (Å²) in [6.07, 6.45) is 4.44. The Kier molecular flexibility index (Phi) is 6.97. The summed E-state index contributed by atoms with van der Waals surface area (Å²) in [5.74, 6) is 0. The van der Waals surface area contributed by atoms with Crippen molar-refractivity contribution in [1.82, 2.24) is 0 Å². The molecule has 2 nitrogen and oxygen atoms in total. The largest absolute Gasteiger partial charge is 0.456 e. The zero-order valence-electron chi connectivity index (χ0n) is 29.0. The lowest BCUT2D eigenvalue weighted by Crippen LogP contribution is -1.97. The Morgan fingerprint density at radius 2 is 0.942 bits per heavy atom. The van der Waals surface area contributed by atoms with Gasteiger partial charge in [0, 0.05) is 27.1 Å². The van der Waals surface area contributed by atoms with Crippen LogP contribution in [0.15, 0.2) is 173 Å². The lowest BCUT2D eigenvalue weighted by Gasteiger charge is -2.22. The van der Waals surface area contributed by atoms with E-state index in [2.05, 4.69) is 159 Å². The summed E-state index contributed by atoms with van der Waals surface area (Å²) in [6, 6.07) is 56.3. The summed E-state index contributed by atoms with van der Waals surface area (Å²) in [7, 11) is 0. The summed E-state index contributed by atoms with van der Waals surface area (Å²) in [5.41, 5.74) is 15.7. The van der Waals surface area contributed by atoms with Crippen molar-refractivity contribution in [1.29, 1.82) is 0 Å². The van der Waals surface area contributed by atoms with Crippen molar-refractivity contribution in [2.45, 2.75) is 13.8 Å². The average Bonchev–Trinajstić information content (AvgIpc) is 3.77. The first-order chi connectivity index (χ1) is 25.7. The molecule has 0 bridgehead atoms. The average molecular weight is 667 g/mol. The van der Waals surface area contributed by atoms with Crippen LogP contribution >= 0.6 is 0 Å². The van der Waals surface area contributed by atoms with E-state index >= 15 is 0 Å². The quantitative estimate of drug-likeness (QED) is 0.183. The number of benzene rings is 8. The molecule has 0 radical (unpaired) electrons. The standard InChI is InChI=1S/C50H34O2/c1-3-13-35-31(2)48(33-26-24-32(25-27-33)37-20-12-21-43-38-15-8-11-23-46(38)52-50(37)43)41-18-6-7-19-42(41)49(35)40-17-5-4-14-36(40)34-28-29-47-44(30-34)39-16-9-10-22-45(39)51-47/h3-30H,1-2H3/b13-3-. The Labute approximate surface area is 301 Å². The molecule has 0 aliphatic carbocycles. The smallest absolute Gasteiger partial charge is 0.143 e. The topological polar surface area (TPSA) is 26.3 Å². The normalized spacial score (nSPS) is 12.0. The third kappa shape index (κ3) is 4.65. The molecule has 0 amide bonds. The van der Waals surface area contributed by atoms with Crippen LogP contribution in [-0.4, -0.2) is 0 Å². The molecule has 10 aromatic rings. The summed E-state index contributed by atoms with van der Waals surface area (Å²) in [6.45, 7) is 4.38.